The maximum atomic E-state index is 13.0. The van der Waals surface area contributed by atoms with Crippen molar-refractivity contribution in [3.05, 3.63) is 48.3 Å². The number of imidazole rings is 1. The first-order valence-electron chi connectivity index (χ1n) is 8.23. The lowest BCUT2D eigenvalue weighted by Crippen LogP contribution is -2.44. The summed E-state index contributed by atoms with van der Waals surface area (Å²) in [5.74, 6) is -0.477. The zero-order chi connectivity index (χ0) is 16.8. The number of aromatic nitrogens is 2. The standard InChI is InChI=1S/C17H22FN5O.2ClH/c18-14-2-4-15(5-3-14)23-13-20-12-16(23)17(24)21-6-1-9-22-10-7-19-8-11-22;;/h2-5,12-13,19H,1,6-11H2,(H,21,24);2*1H. The van der Waals surface area contributed by atoms with E-state index in [1.807, 2.05) is 0 Å². The molecule has 1 saturated heterocycles. The van der Waals surface area contributed by atoms with Crippen LogP contribution in [0.1, 0.15) is 16.9 Å². The molecule has 1 amide bonds. The van der Waals surface area contributed by atoms with E-state index in [2.05, 4.69) is 20.5 Å². The summed E-state index contributed by atoms with van der Waals surface area (Å²) in [5, 5.41) is 6.25. The van der Waals surface area contributed by atoms with Crippen LogP contribution in [-0.4, -0.2) is 59.6 Å². The van der Waals surface area contributed by atoms with Gasteiger partial charge in [-0.05, 0) is 37.2 Å². The zero-order valence-corrected chi connectivity index (χ0v) is 16.0. The van der Waals surface area contributed by atoms with Crippen LogP contribution in [0.3, 0.4) is 0 Å². The van der Waals surface area contributed by atoms with E-state index in [0.717, 1.165) is 39.1 Å². The lowest BCUT2D eigenvalue weighted by Gasteiger charge is -2.27. The lowest BCUT2D eigenvalue weighted by atomic mass is 10.3. The van der Waals surface area contributed by atoms with Gasteiger partial charge in [0, 0.05) is 38.4 Å². The predicted molar refractivity (Wildman–Crippen MR) is 104 cm³/mol. The summed E-state index contributed by atoms with van der Waals surface area (Å²) < 4.78 is 14.7. The Morgan fingerprint density at radius 2 is 1.88 bits per heavy atom. The molecule has 6 nitrogen and oxygen atoms in total. The SMILES string of the molecule is Cl.Cl.O=C(NCCCN1CCNCC1)c1cncn1-c1ccc(F)cc1. The van der Waals surface area contributed by atoms with Crippen LogP contribution in [0.5, 0.6) is 0 Å². The van der Waals surface area contributed by atoms with Gasteiger partial charge in [0.05, 0.1) is 12.5 Å². The van der Waals surface area contributed by atoms with E-state index in [0.29, 0.717) is 17.9 Å². The number of rotatable bonds is 6. The van der Waals surface area contributed by atoms with Crippen LogP contribution >= 0.6 is 24.8 Å². The number of carbonyl (C=O) groups is 1. The lowest BCUT2D eigenvalue weighted by molar-refractivity contribution is 0.0944. The molecule has 1 fully saturated rings. The van der Waals surface area contributed by atoms with E-state index < -0.39 is 0 Å². The van der Waals surface area contributed by atoms with Gasteiger partial charge >= 0.3 is 0 Å². The largest absolute Gasteiger partial charge is 0.351 e. The van der Waals surface area contributed by atoms with Gasteiger partial charge in [0.1, 0.15) is 11.5 Å². The summed E-state index contributed by atoms with van der Waals surface area (Å²) in [6, 6.07) is 5.98. The van der Waals surface area contributed by atoms with Crippen LogP contribution in [0.2, 0.25) is 0 Å². The van der Waals surface area contributed by atoms with Gasteiger partial charge in [0.2, 0.25) is 0 Å². The van der Waals surface area contributed by atoms with E-state index in [9.17, 15) is 9.18 Å². The molecule has 144 valence electrons. The minimum Gasteiger partial charge on any atom is -0.351 e. The van der Waals surface area contributed by atoms with Crippen molar-refractivity contribution in [1.82, 2.24) is 25.1 Å². The molecule has 3 rings (SSSR count). The highest BCUT2D eigenvalue weighted by atomic mass is 35.5. The summed E-state index contributed by atoms with van der Waals surface area (Å²) in [6.45, 7) is 5.79. The Hall–Kier alpha value is -1.67. The average molecular weight is 404 g/mol. The monoisotopic (exact) mass is 403 g/mol. The van der Waals surface area contributed by atoms with Gasteiger partial charge in [-0.3, -0.25) is 9.36 Å². The Morgan fingerprint density at radius 3 is 2.58 bits per heavy atom. The summed E-state index contributed by atoms with van der Waals surface area (Å²) in [7, 11) is 0. The summed E-state index contributed by atoms with van der Waals surface area (Å²) in [6.07, 6.45) is 3.99. The van der Waals surface area contributed by atoms with E-state index in [1.54, 1.807) is 23.0 Å². The topological polar surface area (TPSA) is 62.2 Å². The molecule has 0 spiro atoms. The molecule has 1 aliphatic rings. The molecular weight excluding hydrogens is 380 g/mol. The second kappa shape index (κ2) is 11.1. The molecule has 26 heavy (non-hydrogen) atoms. The molecule has 2 N–H and O–H groups in total. The Balaban J connectivity index is 0.00000169. The van der Waals surface area contributed by atoms with Gasteiger partial charge in [-0.1, -0.05) is 0 Å². The number of nitrogens with zero attached hydrogens (tertiary/aromatic N) is 3. The number of hydrogen-bond acceptors (Lipinski definition) is 4. The molecule has 2 heterocycles. The van der Waals surface area contributed by atoms with Crippen molar-refractivity contribution in [2.75, 3.05) is 39.3 Å². The minimum absolute atomic E-state index is 0. The third-order valence-corrected chi connectivity index (χ3v) is 4.12. The van der Waals surface area contributed by atoms with Crippen molar-refractivity contribution in [2.45, 2.75) is 6.42 Å². The molecule has 1 aliphatic heterocycles. The van der Waals surface area contributed by atoms with Gasteiger partial charge < -0.3 is 15.5 Å². The summed E-state index contributed by atoms with van der Waals surface area (Å²) in [4.78, 5) is 18.8. The number of nitrogens with one attached hydrogen (secondary N) is 2. The van der Waals surface area contributed by atoms with Gasteiger partial charge in [-0.25, -0.2) is 9.37 Å². The van der Waals surface area contributed by atoms with Gasteiger partial charge in [-0.15, -0.1) is 24.8 Å². The van der Waals surface area contributed by atoms with Crippen LogP contribution in [0, 0.1) is 5.82 Å². The highest BCUT2D eigenvalue weighted by Crippen LogP contribution is 2.12. The Morgan fingerprint density at radius 1 is 1.19 bits per heavy atom. The first-order chi connectivity index (χ1) is 11.7. The fourth-order valence-corrected chi connectivity index (χ4v) is 2.80. The average Bonchev–Trinajstić information content (AvgIpc) is 3.10. The van der Waals surface area contributed by atoms with Crippen LogP contribution in [0.4, 0.5) is 4.39 Å². The Kier molecular flexibility index (Phi) is 9.58. The maximum absolute atomic E-state index is 13.0. The third-order valence-electron chi connectivity index (χ3n) is 4.12. The summed E-state index contributed by atoms with van der Waals surface area (Å²) in [5.41, 5.74) is 1.16. The van der Waals surface area contributed by atoms with Crippen molar-refractivity contribution >= 4 is 30.7 Å². The second-order valence-electron chi connectivity index (χ2n) is 5.83. The van der Waals surface area contributed by atoms with Gasteiger partial charge in [0.25, 0.3) is 5.91 Å². The number of amides is 1. The van der Waals surface area contributed by atoms with Crippen molar-refractivity contribution < 1.29 is 9.18 Å². The second-order valence-corrected chi connectivity index (χ2v) is 5.83. The van der Waals surface area contributed by atoms with Gasteiger partial charge in [0.15, 0.2) is 0 Å². The molecule has 0 radical (unpaired) electrons. The molecule has 0 aliphatic carbocycles. The minimum atomic E-state index is -0.308. The van der Waals surface area contributed by atoms with E-state index >= 15 is 0 Å². The van der Waals surface area contributed by atoms with Crippen molar-refractivity contribution in [2.24, 2.45) is 0 Å². The Labute approximate surface area is 165 Å². The quantitative estimate of drug-likeness (QED) is 0.722. The normalized spacial score (nSPS) is 14.2. The number of benzene rings is 1. The first kappa shape index (κ1) is 22.4. The molecular formula is C17H24Cl2FN5O. The van der Waals surface area contributed by atoms with Crippen LogP contribution < -0.4 is 10.6 Å². The number of carbonyl (C=O) groups excluding carboxylic acids is 1. The van der Waals surface area contributed by atoms with Crippen LogP contribution in [0.15, 0.2) is 36.8 Å². The van der Waals surface area contributed by atoms with Crippen molar-refractivity contribution in [1.29, 1.82) is 0 Å². The highest BCUT2D eigenvalue weighted by Gasteiger charge is 2.13. The fraction of sp³-hybridized carbons (Fsp3) is 0.412. The van der Waals surface area contributed by atoms with E-state index in [4.69, 9.17) is 0 Å². The number of halogens is 3. The van der Waals surface area contributed by atoms with E-state index in [-0.39, 0.29) is 36.5 Å². The molecule has 1 aromatic heterocycles. The third kappa shape index (κ3) is 5.95. The molecule has 0 unspecified atom stereocenters. The van der Waals surface area contributed by atoms with Crippen molar-refractivity contribution in [3.8, 4) is 5.69 Å². The molecule has 1 aromatic carbocycles. The maximum Gasteiger partial charge on any atom is 0.269 e. The molecule has 0 saturated carbocycles. The molecule has 0 bridgehead atoms. The Bertz CT molecular complexity index is 674. The van der Waals surface area contributed by atoms with Gasteiger partial charge in [-0.2, -0.15) is 0 Å². The smallest absolute Gasteiger partial charge is 0.269 e. The van der Waals surface area contributed by atoms with Crippen LogP contribution in [0.25, 0.3) is 5.69 Å². The van der Waals surface area contributed by atoms with Crippen LogP contribution in [-0.2, 0) is 0 Å². The van der Waals surface area contributed by atoms with Crippen molar-refractivity contribution in [3.63, 3.8) is 0 Å². The molecule has 2 aromatic rings. The highest BCUT2D eigenvalue weighted by molar-refractivity contribution is 5.92. The predicted octanol–water partition coefficient (Wildman–Crippen LogP) is 1.88. The number of piperazine rings is 1. The zero-order valence-electron chi connectivity index (χ0n) is 14.4. The van der Waals surface area contributed by atoms with E-state index in [1.165, 1.54) is 18.3 Å². The first-order valence-corrected chi connectivity index (χ1v) is 8.23. The summed E-state index contributed by atoms with van der Waals surface area (Å²) >= 11 is 0. The molecule has 9 heteroatoms. The fourth-order valence-electron chi connectivity index (χ4n) is 2.80. The molecule has 0 atom stereocenters. The number of hydrogen-bond donors (Lipinski definition) is 2.